The summed E-state index contributed by atoms with van der Waals surface area (Å²) in [5.74, 6) is 0.230. The van der Waals surface area contributed by atoms with Crippen LogP contribution in [0.15, 0.2) is 54.9 Å². The van der Waals surface area contributed by atoms with Gasteiger partial charge in [0.05, 0.1) is 36.1 Å². The molecule has 2 saturated heterocycles. The zero-order valence-electron chi connectivity index (χ0n) is 14.6. The van der Waals surface area contributed by atoms with E-state index in [1.165, 1.54) is 0 Å². The molecule has 2 aliphatic heterocycles. The highest BCUT2D eigenvalue weighted by Crippen LogP contribution is 2.37. The van der Waals surface area contributed by atoms with Gasteiger partial charge >= 0.3 is 0 Å². The van der Waals surface area contributed by atoms with Crippen molar-refractivity contribution in [2.75, 3.05) is 6.61 Å². The Hall–Kier alpha value is -2.45. The molecule has 7 heteroatoms. The van der Waals surface area contributed by atoms with E-state index in [2.05, 4.69) is 10.3 Å². The fourth-order valence-corrected chi connectivity index (χ4v) is 4.05. The summed E-state index contributed by atoms with van der Waals surface area (Å²) >= 11 is 0. The zero-order chi connectivity index (χ0) is 18.4. The molecule has 0 amide bonds. The van der Waals surface area contributed by atoms with Crippen molar-refractivity contribution in [2.45, 2.75) is 37.1 Å². The van der Waals surface area contributed by atoms with Gasteiger partial charge in [-0.05, 0) is 18.2 Å². The van der Waals surface area contributed by atoms with Crippen molar-refractivity contribution in [3.05, 3.63) is 60.4 Å². The fourth-order valence-electron chi connectivity index (χ4n) is 4.05. The van der Waals surface area contributed by atoms with E-state index < -0.39 is 18.4 Å². The number of phenolic OH excluding ortho intramolecular Hbond substituents is 1. The number of hydrogen-bond donors (Lipinski definition) is 3. The number of ether oxygens (including phenoxy) is 2. The molecule has 2 fully saturated rings. The predicted octanol–water partition coefficient (Wildman–Crippen LogP) is 1.56. The normalized spacial score (nSPS) is 30.0. The largest absolute Gasteiger partial charge is 0.508 e. The topological polar surface area (TPSA) is 88.8 Å². The number of para-hydroxylation sites is 3. The molecule has 0 aliphatic carbocycles. The second-order valence-corrected chi connectivity index (χ2v) is 7.03. The van der Waals surface area contributed by atoms with Gasteiger partial charge in [-0.2, -0.15) is 0 Å². The average molecular weight is 367 g/mol. The number of rotatable bonds is 4. The number of fused-ring (bicyclic) bond motifs is 3. The first kappa shape index (κ1) is 16.7. The van der Waals surface area contributed by atoms with Crippen LogP contribution < -0.4 is 5.32 Å². The Morgan fingerprint density at radius 2 is 1.96 bits per heavy atom. The van der Waals surface area contributed by atoms with Crippen LogP contribution >= 0.6 is 0 Å². The van der Waals surface area contributed by atoms with Crippen LogP contribution in [0, 0.1) is 0 Å². The molecule has 1 aromatic heterocycles. The van der Waals surface area contributed by atoms with Crippen LogP contribution in [0.2, 0.25) is 0 Å². The number of imidazole rings is 1. The Morgan fingerprint density at radius 1 is 1.15 bits per heavy atom. The van der Waals surface area contributed by atoms with E-state index in [0.717, 1.165) is 16.6 Å². The minimum Gasteiger partial charge on any atom is -0.508 e. The molecule has 7 nitrogen and oxygen atoms in total. The number of nitrogens with zero attached hydrogens (tertiary/aromatic N) is 2. The minimum atomic E-state index is -0.722. The third-order valence-electron chi connectivity index (χ3n) is 5.45. The van der Waals surface area contributed by atoms with Crippen LogP contribution in [-0.4, -0.2) is 50.9 Å². The molecule has 2 bridgehead atoms. The SMILES string of the molecule is Oc1ccccc1CN[C@H]1[C@H](O)[C@@H](n2cnc3ccccc32)[C@@H]2OC[C@H]1O2. The highest BCUT2D eigenvalue weighted by molar-refractivity contribution is 5.75. The summed E-state index contributed by atoms with van der Waals surface area (Å²) < 4.78 is 13.8. The third-order valence-corrected chi connectivity index (χ3v) is 5.45. The van der Waals surface area contributed by atoms with Gasteiger partial charge in [0.2, 0.25) is 0 Å². The van der Waals surface area contributed by atoms with Crippen LogP contribution in [0.1, 0.15) is 11.6 Å². The lowest BCUT2D eigenvalue weighted by Gasteiger charge is -2.39. The second kappa shape index (κ2) is 6.61. The van der Waals surface area contributed by atoms with E-state index in [1.807, 2.05) is 41.0 Å². The zero-order valence-corrected chi connectivity index (χ0v) is 14.6. The highest BCUT2D eigenvalue weighted by Gasteiger charge is 2.51. The van der Waals surface area contributed by atoms with E-state index in [9.17, 15) is 10.2 Å². The number of aliphatic hydroxyl groups excluding tert-OH is 1. The molecule has 3 aromatic rings. The van der Waals surface area contributed by atoms with Gasteiger partial charge in [-0.25, -0.2) is 4.98 Å². The van der Waals surface area contributed by atoms with Gasteiger partial charge in [-0.1, -0.05) is 30.3 Å². The fraction of sp³-hybridized carbons (Fsp3) is 0.350. The monoisotopic (exact) mass is 367 g/mol. The van der Waals surface area contributed by atoms with E-state index >= 15 is 0 Å². The number of aromatic nitrogens is 2. The molecule has 5 rings (SSSR count). The summed E-state index contributed by atoms with van der Waals surface area (Å²) in [4.78, 5) is 4.43. The number of benzene rings is 2. The number of aliphatic hydroxyl groups is 1. The van der Waals surface area contributed by atoms with E-state index in [0.29, 0.717) is 13.2 Å². The summed E-state index contributed by atoms with van der Waals surface area (Å²) in [6.45, 7) is 0.847. The molecule has 0 radical (unpaired) electrons. The maximum absolute atomic E-state index is 11.2. The van der Waals surface area contributed by atoms with Crippen LogP contribution in [-0.2, 0) is 16.0 Å². The highest BCUT2D eigenvalue weighted by atomic mass is 16.7. The van der Waals surface area contributed by atoms with Gasteiger partial charge in [0.25, 0.3) is 0 Å². The van der Waals surface area contributed by atoms with Gasteiger partial charge in [0, 0.05) is 12.1 Å². The molecular weight excluding hydrogens is 346 g/mol. The molecule has 5 atom stereocenters. The molecule has 140 valence electrons. The molecular formula is C20H21N3O4. The maximum atomic E-state index is 11.2. The minimum absolute atomic E-state index is 0.230. The first-order valence-corrected chi connectivity index (χ1v) is 9.09. The van der Waals surface area contributed by atoms with Crippen molar-refractivity contribution >= 4 is 11.0 Å². The number of hydrogen-bond acceptors (Lipinski definition) is 6. The van der Waals surface area contributed by atoms with Gasteiger partial charge in [-0.3, -0.25) is 0 Å². The molecule has 0 unspecified atom stereocenters. The second-order valence-electron chi connectivity index (χ2n) is 7.03. The van der Waals surface area contributed by atoms with Crippen molar-refractivity contribution < 1.29 is 19.7 Å². The summed E-state index contributed by atoms with van der Waals surface area (Å²) in [7, 11) is 0. The summed E-state index contributed by atoms with van der Waals surface area (Å²) in [5, 5.41) is 24.5. The lowest BCUT2D eigenvalue weighted by molar-refractivity contribution is -0.164. The number of nitrogens with one attached hydrogen (secondary N) is 1. The van der Waals surface area contributed by atoms with E-state index in [-0.39, 0.29) is 17.9 Å². The summed E-state index contributed by atoms with van der Waals surface area (Å²) in [6, 6.07) is 14.2. The Balaban J connectivity index is 1.43. The van der Waals surface area contributed by atoms with Crippen molar-refractivity contribution in [1.29, 1.82) is 0 Å². The number of phenols is 1. The van der Waals surface area contributed by atoms with Gasteiger partial charge in [-0.15, -0.1) is 0 Å². The average Bonchev–Trinajstić information content (AvgIpc) is 3.30. The third kappa shape index (κ3) is 2.80. The first-order chi connectivity index (χ1) is 13.2. The van der Waals surface area contributed by atoms with Crippen LogP contribution in [0.25, 0.3) is 11.0 Å². The molecule has 27 heavy (non-hydrogen) atoms. The van der Waals surface area contributed by atoms with Crippen molar-refractivity contribution in [2.24, 2.45) is 0 Å². The van der Waals surface area contributed by atoms with E-state index in [1.54, 1.807) is 18.5 Å². The van der Waals surface area contributed by atoms with Crippen LogP contribution in [0.4, 0.5) is 0 Å². The quantitative estimate of drug-likeness (QED) is 0.649. The molecule has 3 heterocycles. The summed E-state index contributed by atoms with van der Waals surface area (Å²) in [5.41, 5.74) is 2.57. The van der Waals surface area contributed by atoms with Crippen LogP contribution in [0.5, 0.6) is 5.75 Å². The standard InChI is InChI=1S/C20H21N3O4/c24-15-8-4-1-5-12(15)9-21-17-16-10-26-20(27-16)18(19(17)25)23-11-22-13-6-2-3-7-14(13)23/h1-8,11,16-21,24-25H,9-10H2/t16-,17-,18-,19+,20-/m1/s1. The van der Waals surface area contributed by atoms with E-state index in [4.69, 9.17) is 9.47 Å². The molecule has 0 saturated carbocycles. The smallest absolute Gasteiger partial charge is 0.181 e. The lowest BCUT2D eigenvalue weighted by Crippen LogP contribution is -2.57. The Bertz CT molecular complexity index is 959. The van der Waals surface area contributed by atoms with Crippen molar-refractivity contribution in [1.82, 2.24) is 14.9 Å². The van der Waals surface area contributed by atoms with Gasteiger partial charge in [0.1, 0.15) is 17.9 Å². The molecule has 2 aliphatic rings. The molecule has 3 N–H and O–H groups in total. The predicted molar refractivity (Wildman–Crippen MR) is 98.1 cm³/mol. The first-order valence-electron chi connectivity index (χ1n) is 9.09. The van der Waals surface area contributed by atoms with Gasteiger partial charge < -0.3 is 29.6 Å². The maximum Gasteiger partial charge on any atom is 0.181 e. The van der Waals surface area contributed by atoms with Crippen LogP contribution in [0.3, 0.4) is 0 Å². The van der Waals surface area contributed by atoms with Gasteiger partial charge in [0.15, 0.2) is 6.29 Å². The molecule has 2 aromatic carbocycles. The Morgan fingerprint density at radius 3 is 2.85 bits per heavy atom. The van der Waals surface area contributed by atoms with Crippen molar-refractivity contribution in [3.8, 4) is 5.75 Å². The molecule has 0 spiro atoms. The Kier molecular flexibility index (Phi) is 4.09. The van der Waals surface area contributed by atoms with Crippen molar-refractivity contribution in [3.63, 3.8) is 0 Å². The lowest BCUT2D eigenvalue weighted by atomic mass is 9.95. The summed E-state index contributed by atoms with van der Waals surface area (Å²) in [6.07, 6.45) is 0.261. The number of aromatic hydroxyl groups is 1. The Labute approximate surface area is 156 Å².